The van der Waals surface area contributed by atoms with Crippen molar-refractivity contribution in [3.05, 3.63) is 33.9 Å². The Kier molecular flexibility index (Phi) is 2.47. The molecule has 2 aromatic heterocycles. The van der Waals surface area contributed by atoms with Crippen molar-refractivity contribution in [2.24, 2.45) is 0 Å². The van der Waals surface area contributed by atoms with Crippen molar-refractivity contribution >= 4 is 11.5 Å². The third-order valence-electron chi connectivity index (χ3n) is 2.18. The molecular formula is C9H10N6O2. The fraction of sp³-hybridized carbons (Fsp3) is 0.222. The van der Waals surface area contributed by atoms with Gasteiger partial charge in [0.15, 0.2) is 5.82 Å². The van der Waals surface area contributed by atoms with E-state index in [2.05, 4.69) is 15.1 Å². The van der Waals surface area contributed by atoms with Gasteiger partial charge in [-0.05, 0) is 19.9 Å². The summed E-state index contributed by atoms with van der Waals surface area (Å²) < 4.78 is 1.48. The predicted molar refractivity (Wildman–Crippen MR) is 59.7 cm³/mol. The van der Waals surface area contributed by atoms with E-state index in [-0.39, 0.29) is 11.5 Å². The summed E-state index contributed by atoms with van der Waals surface area (Å²) in [5.41, 5.74) is 5.28. The summed E-state index contributed by atoms with van der Waals surface area (Å²) in [5, 5.41) is 14.7. The Morgan fingerprint density at radius 2 is 2.06 bits per heavy atom. The fourth-order valence-electron chi connectivity index (χ4n) is 1.47. The number of pyridine rings is 1. The Balaban J connectivity index is 2.51. The summed E-state index contributed by atoms with van der Waals surface area (Å²) in [4.78, 5) is 18.1. The Morgan fingerprint density at radius 1 is 1.35 bits per heavy atom. The van der Waals surface area contributed by atoms with Crippen LogP contribution in [0.5, 0.6) is 0 Å². The van der Waals surface area contributed by atoms with E-state index in [0.717, 1.165) is 0 Å². The standard InChI is InChI=1S/C9H10N6O2/c1-5-11-6(2)14(13-5)8-4-3-7(15(16)17)9(10)12-8/h3-4H,1-2H3,(H2,10,12). The van der Waals surface area contributed by atoms with Crippen molar-refractivity contribution in [3.63, 3.8) is 0 Å². The van der Waals surface area contributed by atoms with Gasteiger partial charge < -0.3 is 5.73 Å². The van der Waals surface area contributed by atoms with Crippen LogP contribution >= 0.6 is 0 Å². The molecule has 0 amide bonds. The first kappa shape index (κ1) is 11.0. The number of nitrogens with zero attached hydrogens (tertiary/aromatic N) is 5. The summed E-state index contributed by atoms with van der Waals surface area (Å²) in [7, 11) is 0. The quantitative estimate of drug-likeness (QED) is 0.606. The lowest BCUT2D eigenvalue weighted by molar-refractivity contribution is -0.384. The van der Waals surface area contributed by atoms with Crippen LogP contribution in [0.4, 0.5) is 11.5 Å². The van der Waals surface area contributed by atoms with E-state index in [9.17, 15) is 10.1 Å². The maximum Gasteiger partial charge on any atom is 0.311 e. The number of hydrogen-bond donors (Lipinski definition) is 1. The number of nitrogens with two attached hydrogens (primary N) is 1. The monoisotopic (exact) mass is 234 g/mol. The van der Waals surface area contributed by atoms with E-state index in [1.54, 1.807) is 13.8 Å². The lowest BCUT2D eigenvalue weighted by atomic mass is 10.4. The summed E-state index contributed by atoms with van der Waals surface area (Å²) in [5.74, 6) is 1.51. The Labute approximate surface area is 96.3 Å². The molecule has 17 heavy (non-hydrogen) atoms. The zero-order valence-corrected chi connectivity index (χ0v) is 9.28. The van der Waals surface area contributed by atoms with Crippen molar-refractivity contribution in [1.29, 1.82) is 0 Å². The van der Waals surface area contributed by atoms with Gasteiger partial charge in [0, 0.05) is 6.07 Å². The number of nitrogen functional groups attached to an aromatic ring is 1. The molecule has 8 nitrogen and oxygen atoms in total. The van der Waals surface area contributed by atoms with Gasteiger partial charge in [-0.15, -0.1) is 5.10 Å². The highest BCUT2D eigenvalue weighted by molar-refractivity contribution is 5.54. The number of aryl methyl sites for hydroxylation is 2. The lowest BCUT2D eigenvalue weighted by Gasteiger charge is -2.03. The van der Waals surface area contributed by atoms with Gasteiger partial charge in [0.2, 0.25) is 5.82 Å². The smallest absolute Gasteiger partial charge is 0.311 e. The normalized spacial score (nSPS) is 10.5. The maximum absolute atomic E-state index is 10.6. The molecule has 0 saturated heterocycles. The van der Waals surface area contributed by atoms with E-state index in [1.807, 2.05) is 0 Å². The number of hydrogen-bond acceptors (Lipinski definition) is 6. The molecule has 0 atom stereocenters. The molecular weight excluding hydrogens is 224 g/mol. The van der Waals surface area contributed by atoms with Crippen LogP contribution in [0.2, 0.25) is 0 Å². The van der Waals surface area contributed by atoms with Crippen LogP contribution in [0.15, 0.2) is 12.1 Å². The molecule has 2 aromatic rings. The SMILES string of the molecule is Cc1nc(C)n(-c2ccc([N+](=O)[O-])c(N)n2)n1. The summed E-state index contributed by atoms with van der Waals surface area (Å²) in [6.07, 6.45) is 0. The third kappa shape index (κ3) is 1.92. The molecule has 8 heteroatoms. The van der Waals surface area contributed by atoms with Gasteiger partial charge in [0.05, 0.1) is 4.92 Å². The largest absolute Gasteiger partial charge is 0.378 e. The number of nitro groups is 1. The lowest BCUT2D eigenvalue weighted by Crippen LogP contribution is -2.06. The minimum absolute atomic E-state index is 0.139. The molecule has 2 rings (SSSR count). The molecule has 0 radical (unpaired) electrons. The second-order valence-electron chi connectivity index (χ2n) is 3.45. The van der Waals surface area contributed by atoms with Crippen LogP contribution in [-0.2, 0) is 0 Å². The number of rotatable bonds is 2. The summed E-state index contributed by atoms with van der Waals surface area (Å²) >= 11 is 0. The molecule has 2 N–H and O–H groups in total. The van der Waals surface area contributed by atoms with E-state index in [0.29, 0.717) is 17.5 Å². The molecule has 0 saturated carbocycles. The molecule has 0 aliphatic rings. The van der Waals surface area contributed by atoms with Crippen LogP contribution in [0.25, 0.3) is 5.82 Å². The first-order chi connectivity index (χ1) is 7.99. The summed E-state index contributed by atoms with van der Waals surface area (Å²) in [6.45, 7) is 3.51. The Bertz CT molecular complexity index is 591. The van der Waals surface area contributed by atoms with E-state index in [1.165, 1.54) is 16.8 Å². The van der Waals surface area contributed by atoms with Crippen molar-refractivity contribution in [3.8, 4) is 5.82 Å². The van der Waals surface area contributed by atoms with Gasteiger partial charge in [0.25, 0.3) is 0 Å². The Morgan fingerprint density at radius 3 is 2.53 bits per heavy atom. The van der Waals surface area contributed by atoms with Crippen molar-refractivity contribution in [2.45, 2.75) is 13.8 Å². The van der Waals surface area contributed by atoms with E-state index < -0.39 is 4.92 Å². The minimum Gasteiger partial charge on any atom is -0.378 e. The van der Waals surface area contributed by atoms with Gasteiger partial charge in [0.1, 0.15) is 11.6 Å². The van der Waals surface area contributed by atoms with Crippen LogP contribution in [-0.4, -0.2) is 24.7 Å². The average Bonchev–Trinajstić information content (AvgIpc) is 2.57. The molecule has 0 aliphatic carbocycles. The topological polar surface area (TPSA) is 113 Å². The molecule has 0 spiro atoms. The molecule has 88 valence electrons. The molecule has 0 aliphatic heterocycles. The first-order valence-corrected chi connectivity index (χ1v) is 4.80. The van der Waals surface area contributed by atoms with Crippen LogP contribution in [0.1, 0.15) is 11.6 Å². The van der Waals surface area contributed by atoms with Gasteiger partial charge in [-0.2, -0.15) is 4.68 Å². The van der Waals surface area contributed by atoms with Gasteiger partial charge in [-0.25, -0.2) is 9.97 Å². The first-order valence-electron chi connectivity index (χ1n) is 4.80. The number of aromatic nitrogens is 4. The van der Waals surface area contributed by atoms with Gasteiger partial charge >= 0.3 is 5.69 Å². The fourth-order valence-corrected chi connectivity index (χ4v) is 1.47. The van der Waals surface area contributed by atoms with Gasteiger partial charge in [-0.3, -0.25) is 10.1 Å². The maximum atomic E-state index is 10.6. The zero-order chi connectivity index (χ0) is 12.6. The Hall–Kier alpha value is -2.51. The highest BCUT2D eigenvalue weighted by atomic mass is 16.6. The van der Waals surface area contributed by atoms with Crippen LogP contribution in [0, 0.1) is 24.0 Å². The highest BCUT2D eigenvalue weighted by Gasteiger charge is 2.15. The third-order valence-corrected chi connectivity index (χ3v) is 2.18. The van der Waals surface area contributed by atoms with Crippen LogP contribution in [0.3, 0.4) is 0 Å². The number of anilines is 1. The van der Waals surface area contributed by atoms with Crippen molar-refractivity contribution in [2.75, 3.05) is 5.73 Å². The van der Waals surface area contributed by atoms with Gasteiger partial charge in [-0.1, -0.05) is 0 Å². The molecule has 0 unspecified atom stereocenters. The zero-order valence-electron chi connectivity index (χ0n) is 9.28. The summed E-state index contributed by atoms with van der Waals surface area (Å²) in [6, 6.07) is 2.78. The van der Waals surface area contributed by atoms with Crippen molar-refractivity contribution in [1.82, 2.24) is 19.7 Å². The van der Waals surface area contributed by atoms with Crippen molar-refractivity contribution < 1.29 is 4.92 Å². The van der Waals surface area contributed by atoms with E-state index >= 15 is 0 Å². The minimum atomic E-state index is -0.578. The molecule has 2 heterocycles. The molecule has 0 aromatic carbocycles. The second kappa shape index (κ2) is 3.81. The highest BCUT2D eigenvalue weighted by Crippen LogP contribution is 2.20. The molecule has 0 fully saturated rings. The van der Waals surface area contributed by atoms with Crippen LogP contribution < -0.4 is 5.73 Å². The molecule has 0 bridgehead atoms. The predicted octanol–water partition coefficient (Wildman–Crippen LogP) is 0.770. The second-order valence-corrected chi connectivity index (χ2v) is 3.45. The average molecular weight is 234 g/mol. The van der Waals surface area contributed by atoms with E-state index in [4.69, 9.17) is 5.73 Å².